The van der Waals surface area contributed by atoms with Crippen molar-refractivity contribution in [1.29, 1.82) is 0 Å². The molecule has 2 heterocycles. The second kappa shape index (κ2) is 10.4. The molecule has 0 fully saturated rings. The van der Waals surface area contributed by atoms with Gasteiger partial charge in [-0.2, -0.15) is 0 Å². The van der Waals surface area contributed by atoms with Gasteiger partial charge in [-0.05, 0) is 97.9 Å². The average molecular weight is 574 g/mol. The Morgan fingerprint density at radius 3 is 1.16 bits per heavy atom. The van der Waals surface area contributed by atoms with Gasteiger partial charge in [0.25, 0.3) is 6.71 Å². The first kappa shape index (κ1) is 25.7. The van der Waals surface area contributed by atoms with Crippen LogP contribution in [0.15, 0.2) is 164 Å². The Morgan fingerprint density at radius 2 is 0.667 bits per heavy atom. The molecule has 210 valence electrons. The van der Waals surface area contributed by atoms with Gasteiger partial charge < -0.3 is 9.47 Å². The molecule has 0 unspecified atom stereocenters. The predicted octanol–water partition coefficient (Wildman–Crippen LogP) is 9.08. The maximum absolute atomic E-state index is 6.54. The first-order chi connectivity index (χ1) is 22.3. The van der Waals surface area contributed by atoms with Gasteiger partial charge in [-0.15, -0.1) is 0 Å². The number of rotatable bonds is 4. The van der Waals surface area contributed by atoms with Gasteiger partial charge in [0, 0.05) is 5.46 Å². The lowest BCUT2D eigenvalue weighted by atomic mass is 9.35. The van der Waals surface area contributed by atoms with Crippen molar-refractivity contribution in [2.45, 2.75) is 0 Å². The van der Waals surface area contributed by atoms with Crippen LogP contribution in [0.4, 0.5) is 0 Å². The summed E-state index contributed by atoms with van der Waals surface area (Å²) in [6.45, 7) is 0.0772. The smallest absolute Gasteiger partial charge is 0.260 e. The van der Waals surface area contributed by atoms with E-state index in [9.17, 15) is 0 Å². The molecular formula is C42H27BO2. The largest absolute Gasteiger partial charge is 0.458 e. The standard InChI is InChI=1S/C42H27BO2/c1-2-11-28(12-3-1)29-13-8-14-30(23-29)31-15-9-16-32(24-31)33-17-10-18-34(25-33)35-26-40-42-41(27-35)45-39-22-7-5-20-37(39)43(42)36-19-4-6-21-38(36)44-40/h1-27H. The minimum atomic E-state index is 0.0772. The zero-order valence-corrected chi connectivity index (χ0v) is 24.5. The second-order valence-electron chi connectivity index (χ2n) is 11.7. The number of benzene rings is 7. The Kier molecular flexibility index (Phi) is 5.95. The zero-order valence-electron chi connectivity index (χ0n) is 24.5. The van der Waals surface area contributed by atoms with E-state index < -0.39 is 0 Å². The molecule has 45 heavy (non-hydrogen) atoms. The van der Waals surface area contributed by atoms with Gasteiger partial charge in [-0.1, -0.05) is 121 Å². The average Bonchev–Trinajstić information content (AvgIpc) is 3.12. The molecule has 2 nitrogen and oxygen atoms in total. The quantitative estimate of drug-likeness (QED) is 0.195. The van der Waals surface area contributed by atoms with E-state index in [-0.39, 0.29) is 6.71 Å². The molecule has 7 aromatic carbocycles. The van der Waals surface area contributed by atoms with E-state index in [0.717, 1.165) is 45.2 Å². The highest BCUT2D eigenvalue weighted by molar-refractivity contribution is 6.98. The van der Waals surface area contributed by atoms with Crippen LogP contribution in [0, 0.1) is 0 Å². The van der Waals surface area contributed by atoms with Crippen molar-refractivity contribution in [3.05, 3.63) is 164 Å². The Morgan fingerprint density at radius 1 is 0.289 bits per heavy atom. The molecule has 0 aliphatic carbocycles. The second-order valence-corrected chi connectivity index (χ2v) is 11.7. The van der Waals surface area contributed by atoms with Crippen molar-refractivity contribution < 1.29 is 9.47 Å². The Hall–Kier alpha value is -5.80. The van der Waals surface area contributed by atoms with Crippen LogP contribution in [-0.2, 0) is 0 Å². The summed E-state index contributed by atoms with van der Waals surface area (Å²) in [7, 11) is 0. The van der Waals surface area contributed by atoms with Crippen molar-refractivity contribution in [2.75, 3.05) is 0 Å². The summed E-state index contributed by atoms with van der Waals surface area (Å²) < 4.78 is 13.1. The summed E-state index contributed by atoms with van der Waals surface area (Å²) >= 11 is 0. The van der Waals surface area contributed by atoms with Crippen LogP contribution in [-0.4, -0.2) is 6.71 Å². The summed E-state index contributed by atoms with van der Waals surface area (Å²) in [5.41, 5.74) is 12.8. The highest BCUT2D eigenvalue weighted by atomic mass is 16.5. The van der Waals surface area contributed by atoms with Crippen LogP contribution in [0.1, 0.15) is 0 Å². The van der Waals surface area contributed by atoms with Crippen molar-refractivity contribution in [3.63, 3.8) is 0 Å². The van der Waals surface area contributed by atoms with Crippen LogP contribution >= 0.6 is 0 Å². The highest BCUT2D eigenvalue weighted by Crippen LogP contribution is 2.39. The Balaban J connectivity index is 1.10. The molecule has 0 aromatic heterocycles. The van der Waals surface area contributed by atoms with Gasteiger partial charge in [0.05, 0.1) is 0 Å². The fourth-order valence-corrected chi connectivity index (χ4v) is 6.83. The molecule has 0 radical (unpaired) electrons. The van der Waals surface area contributed by atoms with E-state index in [1.807, 2.05) is 12.1 Å². The molecular weight excluding hydrogens is 547 g/mol. The lowest BCUT2D eigenvalue weighted by molar-refractivity contribution is 0.465. The van der Waals surface area contributed by atoms with Crippen molar-refractivity contribution in [2.24, 2.45) is 0 Å². The van der Waals surface area contributed by atoms with E-state index in [1.54, 1.807) is 0 Å². The molecule has 0 amide bonds. The molecule has 2 aliphatic rings. The fourth-order valence-electron chi connectivity index (χ4n) is 6.83. The maximum Gasteiger partial charge on any atom is 0.260 e. The third-order valence-electron chi connectivity index (χ3n) is 8.99. The SMILES string of the molecule is c1ccc(-c2cccc(-c3cccc(-c4cccc(-c5cc6c7c(c5)Oc5ccccc5B7c5ccccc5O6)c4)c3)c2)cc1. The van der Waals surface area contributed by atoms with Gasteiger partial charge in [0.15, 0.2) is 0 Å². The van der Waals surface area contributed by atoms with Crippen LogP contribution in [0.2, 0.25) is 0 Å². The van der Waals surface area contributed by atoms with E-state index in [0.29, 0.717) is 0 Å². The van der Waals surface area contributed by atoms with Crippen LogP contribution in [0.5, 0.6) is 23.0 Å². The molecule has 0 atom stereocenters. The van der Waals surface area contributed by atoms with E-state index in [1.165, 1.54) is 38.7 Å². The summed E-state index contributed by atoms with van der Waals surface area (Å²) in [4.78, 5) is 0. The van der Waals surface area contributed by atoms with Gasteiger partial charge >= 0.3 is 0 Å². The van der Waals surface area contributed by atoms with Crippen LogP contribution in [0.3, 0.4) is 0 Å². The molecule has 0 saturated heterocycles. The van der Waals surface area contributed by atoms with Gasteiger partial charge in [-0.3, -0.25) is 0 Å². The number of para-hydroxylation sites is 2. The van der Waals surface area contributed by atoms with Gasteiger partial charge in [-0.25, -0.2) is 0 Å². The highest BCUT2D eigenvalue weighted by Gasteiger charge is 2.40. The molecule has 0 spiro atoms. The minimum absolute atomic E-state index is 0.0772. The third kappa shape index (κ3) is 4.44. The van der Waals surface area contributed by atoms with E-state index in [4.69, 9.17) is 9.47 Å². The van der Waals surface area contributed by atoms with E-state index in [2.05, 4.69) is 152 Å². The fraction of sp³-hybridized carbons (Fsp3) is 0. The normalized spacial score (nSPS) is 12.3. The number of ether oxygens (including phenoxy) is 2. The van der Waals surface area contributed by atoms with E-state index >= 15 is 0 Å². The molecule has 7 aromatic rings. The number of hydrogen-bond donors (Lipinski definition) is 0. The lowest BCUT2D eigenvalue weighted by Gasteiger charge is -2.33. The summed E-state index contributed by atoms with van der Waals surface area (Å²) in [5, 5.41) is 0. The number of hydrogen-bond acceptors (Lipinski definition) is 2. The van der Waals surface area contributed by atoms with Gasteiger partial charge in [0.1, 0.15) is 23.0 Å². The molecule has 9 rings (SSSR count). The maximum atomic E-state index is 6.54. The lowest BCUT2D eigenvalue weighted by Crippen LogP contribution is -2.57. The zero-order chi connectivity index (χ0) is 29.7. The van der Waals surface area contributed by atoms with Crippen molar-refractivity contribution in [3.8, 4) is 67.5 Å². The first-order valence-corrected chi connectivity index (χ1v) is 15.4. The molecule has 3 heteroatoms. The monoisotopic (exact) mass is 574 g/mol. The predicted molar refractivity (Wildman–Crippen MR) is 186 cm³/mol. The summed E-state index contributed by atoms with van der Waals surface area (Å²) in [6, 6.07) is 57.9. The van der Waals surface area contributed by atoms with Gasteiger partial charge in [0.2, 0.25) is 0 Å². The summed E-state index contributed by atoms with van der Waals surface area (Å²) in [6.07, 6.45) is 0. The molecule has 0 N–H and O–H groups in total. The van der Waals surface area contributed by atoms with Crippen molar-refractivity contribution in [1.82, 2.24) is 0 Å². The first-order valence-electron chi connectivity index (χ1n) is 15.4. The Labute approximate surface area is 263 Å². The third-order valence-corrected chi connectivity index (χ3v) is 8.99. The van der Waals surface area contributed by atoms with Crippen molar-refractivity contribution >= 4 is 23.1 Å². The Bertz CT molecular complexity index is 2170. The number of fused-ring (bicyclic) bond motifs is 4. The molecule has 2 aliphatic heterocycles. The topological polar surface area (TPSA) is 18.5 Å². The molecule has 0 saturated carbocycles. The minimum Gasteiger partial charge on any atom is -0.458 e. The van der Waals surface area contributed by atoms with Crippen LogP contribution in [0.25, 0.3) is 44.5 Å². The summed E-state index contributed by atoms with van der Waals surface area (Å²) in [5.74, 6) is 3.51. The molecule has 0 bridgehead atoms. The van der Waals surface area contributed by atoms with Crippen LogP contribution < -0.4 is 25.9 Å².